The molecule has 3 heterocycles. The summed E-state index contributed by atoms with van der Waals surface area (Å²) in [5, 5.41) is 30.9. The van der Waals surface area contributed by atoms with Crippen LogP contribution in [0.15, 0.2) is 22.1 Å². The molecule has 0 aliphatic carbocycles. The maximum Gasteiger partial charge on any atom is 0.294 e. The maximum atomic E-state index is 12.3. The van der Waals surface area contributed by atoms with Gasteiger partial charge in [-0.15, -0.1) is 0 Å². The van der Waals surface area contributed by atoms with E-state index >= 15 is 0 Å². The van der Waals surface area contributed by atoms with E-state index in [1.54, 1.807) is 0 Å². The van der Waals surface area contributed by atoms with Crippen molar-refractivity contribution in [3.8, 4) is 0 Å². The van der Waals surface area contributed by atoms with Gasteiger partial charge in [-0.2, -0.15) is 0 Å². The summed E-state index contributed by atoms with van der Waals surface area (Å²) in [5.74, 6) is 0. The third-order valence-electron chi connectivity index (χ3n) is 3.37. The second-order valence-corrected chi connectivity index (χ2v) is 4.63. The van der Waals surface area contributed by atoms with Gasteiger partial charge in [0.05, 0.1) is 12.0 Å². The fourth-order valence-electron chi connectivity index (χ4n) is 2.27. The molecule has 2 aromatic rings. The number of nitrogens with zero attached hydrogens (tertiary/aromatic N) is 3. The summed E-state index contributed by atoms with van der Waals surface area (Å²) in [4.78, 5) is 31.6. The number of aliphatic hydroxyl groups excluding tert-OH is 3. The van der Waals surface area contributed by atoms with Crippen LogP contribution in [0.1, 0.15) is 6.23 Å². The Morgan fingerprint density at radius 1 is 1.33 bits per heavy atom. The summed E-state index contributed by atoms with van der Waals surface area (Å²) in [6.45, 7) is -0.538. The molecule has 0 spiro atoms. The largest absolute Gasteiger partial charge is 0.394 e. The number of hydrogen-bond acceptors (Lipinski definition) is 8. The first-order chi connectivity index (χ1) is 10.0. The molecule has 112 valence electrons. The second kappa shape index (κ2) is 5.00. The molecule has 1 aliphatic rings. The number of aromatic amines is 1. The minimum Gasteiger partial charge on any atom is -0.394 e. The SMILES string of the molecule is O=c1[nH]n([C@@H]2O[C@H](CO)[C@@H](O)[C@H]2O)c(=O)c2ncncc12. The van der Waals surface area contributed by atoms with E-state index < -0.39 is 42.3 Å². The van der Waals surface area contributed by atoms with Crippen LogP contribution in [-0.2, 0) is 4.74 Å². The standard InChI is InChI=1S/C11H12N4O6/c16-2-5-7(17)8(18)11(21-5)15-10(20)6-4(9(19)14-15)1-12-3-13-6/h1,3,5,7-8,11,16-18H,2H2,(H,14,19)/t5-,7-,8-,11-/m1/s1. The molecule has 21 heavy (non-hydrogen) atoms. The van der Waals surface area contributed by atoms with E-state index in [9.17, 15) is 19.8 Å². The molecular weight excluding hydrogens is 284 g/mol. The monoisotopic (exact) mass is 296 g/mol. The second-order valence-electron chi connectivity index (χ2n) is 4.63. The van der Waals surface area contributed by atoms with Crippen LogP contribution in [0.5, 0.6) is 0 Å². The van der Waals surface area contributed by atoms with Crippen LogP contribution < -0.4 is 11.1 Å². The Labute approximate surface area is 116 Å². The van der Waals surface area contributed by atoms with Gasteiger partial charge in [0.1, 0.15) is 30.2 Å². The molecule has 1 saturated heterocycles. The predicted octanol–water partition coefficient (Wildman–Crippen LogP) is -2.91. The predicted molar refractivity (Wildman–Crippen MR) is 67.4 cm³/mol. The lowest BCUT2D eigenvalue weighted by Gasteiger charge is -2.17. The quantitative estimate of drug-likeness (QED) is 0.460. The highest BCUT2D eigenvalue weighted by atomic mass is 16.6. The van der Waals surface area contributed by atoms with Crippen molar-refractivity contribution in [1.29, 1.82) is 0 Å². The Bertz CT molecular complexity index is 786. The first kappa shape index (κ1) is 13.8. The van der Waals surface area contributed by atoms with Crippen LogP contribution in [0.25, 0.3) is 10.9 Å². The zero-order chi connectivity index (χ0) is 15.1. The van der Waals surface area contributed by atoms with Gasteiger partial charge in [0.2, 0.25) is 0 Å². The van der Waals surface area contributed by atoms with Gasteiger partial charge in [-0.25, -0.2) is 14.6 Å². The van der Waals surface area contributed by atoms with Crippen molar-refractivity contribution in [2.45, 2.75) is 24.5 Å². The molecule has 10 heteroatoms. The molecule has 0 saturated carbocycles. The van der Waals surface area contributed by atoms with Gasteiger partial charge in [-0.05, 0) is 0 Å². The number of ether oxygens (including phenoxy) is 1. The van der Waals surface area contributed by atoms with E-state index in [1.165, 1.54) is 6.20 Å². The molecule has 3 rings (SSSR count). The molecule has 4 N–H and O–H groups in total. The lowest BCUT2D eigenvalue weighted by Crippen LogP contribution is -2.39. The number of fused-ring (bicyclic) bond motifs is 1. The van der Waals surface area contributed by atoms with Gasteiger partial charge in [0.15, 0.2) is 6.23 Å². The number of H-pyrrole nitrogens is 1. The van der Waals surface area contributed by atoms with E-state index in [4.69, 9.17) is 9.84 Å². The summed E-state index contributed by atoms with van der Waals surface area (Å²) in [6.07, 6.45) is -2.92. The van der Waals surface area contributed by atoms with Crippen LogP contribution in [0.3, 0.4) is 0 Å². The third kappa shape index (κ3) is 2.05. The summed E-state index contributed by atoms with van der Waals surface area (Å²) < 4.78 is 5.96. The van der Waals surface area contributed by atoms with E-state index in [1.807, 2.05) is 0 Å². The fourth-order valence-corrected chi connectivity index (χ4v) is 2.27. The average Bonchev–Trinajstić information content (AvgIpc) is 2.79. The molecule has 1 aliphatic heterocycles. The highest BCUT2D eigenvalue weighted by Gasteiger charge is 2.44. The molecule has 0 aromatic carbocycles. The highest BCUT2D eigenvalue weighted by molar-refractivity contribution is 5.74. The van der Waals surface area contributed by atoms with Gasteiger partial charge in [0, 0.05) is 6.20 Å². The fraction of sp³-hybridized carbons (Fsp3) is 0.455. The van der Waals surface area contributed by atoms with Gasteiger partial charge < -0.3 is 20.1 Å². The van der Waals surface area contributed by atoms with Crippen LogP contribution in [0.2, 0.25) is 0 Å². The Balaban J connectivity index is 2.16. The van der Waals surface area contributed by atoms with Crippen LogP contribution in [-0.4, -0.2) is 60.0 Å². The minimum absolute atomic E-state index is 0.00509. The maximum absolute atomic E-state index is 12.3. The Morgan fingerprint density at radius 2 is 2.10 bits per heavy atom. The lowest BCUT2D eigenvalue weighted by atomic mass is 10.1. The molecule has 0 amide bonds. The Kier molecular flexibility index (Phi) is 3.29. The van der Waals surface area contributed by atoms with E-state index in [2.05, 4.69) is 15.1 Å². The molecule has 2 aromatic heterocycles. The zero-order valence-corrected chi connectivity index (χ0v) is 10.6. The summed E-state index contributed by atoms with van der Waals surface area (Å²) >= 11 is 0. The minimum atomic E-state index is -1.48. The van der Waals surface area contributed by atoms with Crippen molar-refractivity contribution >= 4 is 10.9 Å². The number of rotatable bonds is 2. The van der Waals surface area contributed by atoms with Gasteiger partial charge >= 0.3 is 0 Å². The number of hydrogen-bond donors (Lipinski definition) is 4. The number of nitrogens with one attached hydrogen (secondary N) is 1. The summed E-state index contributed by atoms with van der Waals surface area (Å²) in [7, 11) is 0. The van der Waals surface area contributed by atoms with E-state index in [-0.39, 0.29) is 10.9 Å². The smallest absolute Gasteiger partial charge is 0.294 e. The molecule has 10 nitrogen and oxygen atoms in total. The van der Waals surface area contributed by atoms with E-state index in [0.29, 0.717) is 0 Å². The van der Waals surface area contributed by atoms with Gasteiger partial charge in [-0.3, -0.25) is 14.7 Å². The van der Waals surface area contributed by atoms with Crippen molar-refractivity contribution in [2.75, 3.05) is 6.61 Å². The third-order valence-corrected chi connectivity index (χ3v) is 3.37. The molecule has 0 unspecified atom stereocenters. The highest BCUT2D eigenvalue weighted by Crippen LogP contribution is 2.27. The first-order valence-corrected chi connectivity index (χ1v) is 6.11. The van der Waals surface area contributed by atoms with Crippen molar-refractivity contribution in [3.63, 3.8) is 0 Å². The molecule has 0 bridgehead atoms. The molecule has 4 atom stereocenters. The van der Waals surface area contributed by atoms with E-state index in [0.717, 1.165) is 11.0 Å². The topological polar surface area (TPSA) is 151 Å². The summed E-state index contributed by atoms with van der Waals surface area (Å²) in [6, 6.07) is 0. The number of aromatic nitrogens is 4. The molecule has 1 fully saturated rings. The lowest BCUT2D eigenvalue weighted by molar-refractivity contribution is -0.0610. The average molecular weight is 296 g/mol. The van der Waals surface area contributed by atoms with Crippen LogP contribution >= 0.6 is 0 Å². The first-order valence-electron chi connectivity index (χ1n) is 6.11. The molecular formula is C11H12N4O6. The molecule has 0 radical (unpaired) electrons. The van der Waals surface area contributed by atoms with Crippen molar-refractivity contribution in [1.82, 2.24) is 19.7 Å². The van der Waals surface area contributed by atoms with Gasteiger partial charge in [-0.1, -0.05) is 0 Å². The van der Waals surface area contributed by atoms with Crippen LogP contribution in [0.4, 0.5) is 0 Å². The van der Waals surface area contributed by atoms with Crippen LogP contribution in [0, 0.1) is 0 Å². The Hall–Kier alpha value is -2.14. The van der Waals surface area contributed by atoms with Gasteiger partial charge in [0.25, 0.3) is 11.1 Å². The summed E-state index contributed by atoms with van der Waals surface area (Å²) in [5.41, 5.74) is -1.48. The normalized spacial score (nSPS) is 29.1. The van der Waals surface area contributed by atoms with Crippen molar-refractivity contribution < 1.29 is 20.1 Å². The van der Waals surface area contributed by atoms with Crippen molar-refractivity contribution in [3.05, 3.63) is 33.2 Å². The van der Waals surface area contributed by atoms with Crippen molar-refractivity contribution in [2.24, 2.45) is 0 Å². The zero-order valence-electron chi connectivity index (χ0n) is 10.6. The Morgan fingerprint density at radius 3 is 2.76 bits per heavy atom. The number of aliphatic hydroxyl groups is 3.